The molecule has 152 valence electrons. The van der Waals surface area contributed by atoms with Crippen LogP contribution in [0.4, 0.5) is 0 Å². The zero-order chi connectivity index (χ0) is 19.2. The van der Waals surface area contributed by atoms with Gasteiger partial charge in [-0.05, 0) is 91.3 Å². The first-order valence-electron chi connectivity index (χ1n) is 12.0. The Hall–Kier alpha value is -0.590. The van der Waals surface area contributed by atoms with Crippen LogP contribution in [0.3, 0.4) is 0 Å². The van der Waals surface area contributed by atoms with Crippen LogP contribution in [0.5, 0.6) is 0 Å². The molecule has 27 heavy (non-hydrogen) atoms. The summed E-state index contributed by atoms with van der Waals surface area (Å²) in [6.07, 6.45) is 20.0. The molecule has 3 fully saturated rings. The molecule has 0 aromatic carbocycles. The number of allylic oxidation sites excluding steroid dienone is 2. The fraction of sp³-hybridized carbons (Fsp3) is 0.885. The van der Waals surface area contributed by atoms with Crippen LogP contribution in [-0.4, -0.2) is 6.29 Å². The summed E-state index contributed by atoms with van der Waals surface area (Å²) in [6, 6.07) is 0. The van der Waals surface area contributed by atoms with Gasteiger partial charge in [-0.2, -0.15) is 0 Å². The van der Waals surface area contributed by atoms with Gasteiger partial charge in [-0.3, -0.25) is 0 Å². The number of carbonyl (C=O) groups excluding carboxylic acids is 1. The minimum absolute atomic E-state index is 0.292. The highest BCUT2D eigenvalue weighted by molar-refractivity contribution is 5.57. The molecule has 0 heterocycles. The summed E-state index contributed by atoms with van der Waals surface area (Å²) in [7, 11) is 0. The summed E-state index contributed by atoms with van der Waals surface area (Å²) in [4.78, 5) is 12.3. The number of rotatable bonds is 6. The van der Waals surface area contributed by atoms with E-state index >= 15 is 0 Å². The standard InChI is InChI=1S/C26H42O/c1-18(2)9-5-6-10-19-12-13-22-24-20(17-27)21-11-7-8-15-26(21,4)23(24)14-16-25(19,22)3/h7,11,17-24H,5-6,8-10,12-16H2,1-4H3/t19?,20?,21?,22?,23?,24?,25-,26+/m1/s1. The van der Waals surface area contributed by atoms with Crippen molar-refractivity contribution in [1.29, 1.82) is 0 Å². The van der Waals surface area contributed by atoms with Crippen molar-refractivity contribution in [2.45, 2.75) is 91.9 Å². The van der Waals surface area contributed by atoms with E-state index in [0.29, 0.717) is 28.6 Å². The fourth-order valence-corrected chi connectivity index (χ4v) is 8.47. The Kier molecular flexibility index (Phi) is 5.36. The van der Waals surface area contributed by atoms with Crippen molar-refractivity contribution in [2.24, 2.45) is 52.3 Å². The first-order chi connectivity index (χ1) is 12.9. The average molecular weight is 371 g/mol. The molecule has 0 spiro atoms. The van der Waals surface area contributed by atoms with Crippen molar-refractivity contribution in [3.8, 4) is 0 Å². The first kappa shape index (κ1) is 19.7. The van der Waals surface area contributed by atoms with E-state index in [1.165, 1.54) is 70.5 Å². The molecule has 4 aliphatic carbocycles. The number of carbonyl (C=O) groups is 1. The van der Waals surface area contributed by atoms with Crippen molar-refractivity contribution in [2.75, 3.05) is 0 Å². The van der Waals surface area contributed by atoms with Gasteiger partial charge in [0.15, 0.2) is 0 Å². The lowest BCUT2D eigenvalue weighted by atomic mass is 9.54. The van der Waals surface area contributed by atoms with E-state index in [4.69, 9.17) is 0 Å². The molecular weight excluding hydrogens is 328 g/mol. The number of hydrogen-bond donors (Lipinski definition) is 0. The number of unbranched alkanes of at least 4 members (excludes halogenated alkanes) is 1. The van der Waals surface area contributed by atoms with E-state index in [-0.39, 0.29) is 0 Å². The average Bonchev–Trinajstić information content (AvgIpc) is 3.09. The highest BCUT2D eigenvalue weighted by Crippen LogP contribution is 2.70. The van der Waals surface area contributed by atoms with E-state index in [1.807, 2.05) is 0 Å². The monoisotopic (exact) mass is 370 g/mol. The summed E-state index contributed by atoms with van der Waals surface area (Å²) in [5, 5.41) is 0. The molecule has 4 aliphatic rings. The number of hydrogen-bond acceptors (Lipinski definition) is 1. The van der Waals surface area contributed by atoms with E-state index in [0.717, 1.165) is 23.7 Å². The highest BCUT2D eigenvalue weighted by atomic mass is 16.1. The Bertz CT molecular complexity index is 577. The zero-order valence-electron chi connectivity index (χ0n) is 18.3. The molecule has 1 heteroatoms. The molecule has 0 bridgehead atoms. The lowest BCUT2D eigenvalue weighted by Gasteiger charge is -2.50. The minimum Gasteiger partial charge on any atom is -0.303 e. The second-order valence-corrected chi connectivity index (χ2v) is 11.5. The SMILES string of the molecule is CC(C)CCCCC1CCC2C3C(C=O)C4C=CCC[C@]4(C)C3CC[C@]12C. The van der Waals surface area contributed by atoms with Crippen LogP contribution >= 0.6 is 0 Å². The minimum atomic E-state index is 0.292. The fourth-order valence-electron chi connectivity index (χ4n) is 8.47. The first-order valence-corrected chi connectivity index (χ1v) is 12.0. The molecule has 0 aliphatic heterocycles. The molecular formula is C26H42O. The van der Waals surface area contributed by atoms with E-state index in [9.17, 15) is 4.79 Å². The van der Waals surface area contributed by atoms with Crippen molar-refractivity contribution in [3.05, 3.63) is 12.2 Å². The Balaban J connectivity index is 1.52. The van der Waals surface area contributed by atoms with Gasteiger partial charge in [-0.15, -0.1) is 0 Å². The normalized spacial score (nSPS) is 48.3. The van der Waals surface area contributed by atoms with Gasteiger partial charge in [0.25, 0.3) is 0 Å². The maximum Gasteiger partial charge on any atom is 0.123 e. The molecule has 0 aromatic heterocycles. The Labute approximate surface area is 167 Å². The maximum absolute atomic E-state index is 12.3. The van der Waals surface area contributed by atoms with Gasteiger partial charge in [0, 0.05) is 5.92 Å². The third-order valence-electron chi connectivity index (χ3n) is 9.93. The summed E-state index contributed by atoms with van der Waals surface area (Å²) >= 11 is 0. The predicted octanol–water partition coefficient (Wildman–Crippen LogP) is 7.06. The lowest BCUT2D eigenvalue weighted by molar-refractivity contribution is -0.115. The maximum atomic E-state index is 12.3. The van der Waals surface area contributed by atoms with Crippen LogP contribution in [0.15, 0.2) is 12.2 Å². The molecule has 0 N–H and O–H groups in total. The van der Waals surface area contributed by atoms with Gasteiger partial charge in [0.1, 0.15) is 6.29 Å². The van der Waals surface area contributed by atoms with Gasteiger partial charge >= 0.3 is 0 Å². The van der Waals surface area contributed by atoms with E-state index in [1.54, 1.807) is 0 Å². The molecule has 0 saturated heterocycles. The molecule has 4 rings (SSSR count). The van der Waals surface area contributed by atoms with Gasteiger partial charge < -0.3 is 4.79 Å². The van der Waals surface area contributed by atoms with Crippen LogP contribution in [0, 0.1) is 52.3 Å². The van der Waals surface area contributed by atoms with Gasteiger partial charge in [-0.1, -0.05) is 59.1 Å². The number of fused-ring (bicyclic) bond motifs is 5. The predicted molar refractivity (Wildman–Crippen MR) is 113 cm³/mol. The van der Waals surface area contributed by atoms with Gasteiger partial charge in [0.2, 0.25) is 0 Å². The van der Waals surface area contributed by atoms with Crippen molar-refractivity contribution >= 4 is 6.29 Å². The summed E-state index contributed by atoms with van der Waals surface area (Å²) in [6.45, 7) is 9.85. The highest BCUT2D eigenvalue weighted by Gasteiger charge is 2.64. The van der Waals surface area contributed by atoms with Crippen LogP contribution < -0.4 is 0 Å². The van der Waals surface area contributed by atoms with Crippen molar-refractivity contribution in [1.82, 2.24) is 0 Å². The third kappa shape index (κ3) is 3.06. The van der Waals surface area contributed by atoms with Crippen LogP contribution in [0.1, 0.15) is 91.9 Å². The van der Waals surface area contributed by atoms with Crippen molar-refractivity contribution < 1.29 is 4.79 Å². The summed E-state index contributed by atoms with van der Waals surface area (Å²) in [5.41, 5.74) is 0.898. The molecule has 3 saturated carbocycles. The molecule has 6 unspecified atom stereocenters. The smallest absolute Gasteiger partial charge is 0.123 e. The molecule has 0 aromatic rings. The second-order valence-electron chi connectivity index (χ2n) is 11.5. The van der Waals surface area contributed by atoms with Crippen molar-refractivity contribution in [3.63, 3.8) is 0 Å². The Morgan fingerprint density at radius 3 is 2.56 bits per heavy atom. The summed E-state index contributed by atoms with van der Waals surface area (Å²) in [5.74, 6) is 4.83. The molecule has 0 amide bonds. The Morgan fingerprint density at radius 1 is 1.04 bits per heavy atom. The van der Waals surface area contributed by atoms with Gasteiger partial charge in [-0.25, -0.2) is 0 Å². The summed E-state index contributed by atoms with van der Waals surface area (Å²) < 4.78 is 0. The van der Waals surface area contributed by atoms with Gasteiger partial charge in [0.05, 0.1) is 0 Å². The van der Waals surface area contributed by atoms with E-state index in [2.05, 4.69) is 39.8 Å². The third-order valence-corrected chi connectivity index (χ3v) is 9.93. The van der Waals surface area contributed by atoms with E-state index < -0.39 is 0 Å². The number of aldehydes is 1. The van der Waals surface area contributed by atoms with Crippen LogP contribution in [0.25, 0.3) is 0 Å². The Morgan fingerprint density at radius 2 is 1.81 bits per heavy atom. The molecule has 8 atom stereocenters. The largest absolute Gasteiger partial charge is 0.303 e. The molecule has 1 nitrogen and oxygen atoms in total. The lowest BCUT2D eigenvalue weighted by Crippen LogP contribution is -2.44. The second kappa shape index (κ2) is 7.34. The van der Waals surface area contributed by atoms with Crippen LogP contribution in [-0.2, 0) is 4.79 Å². The van der Waals surface area contributed by atoms with Crippen LogP contribution in [0.2, 0.25) is 0 Å². The topological polar surface area (TPSA) is 17.1 Å². The quantitative estimate of drug-likeness (QED) is 0.278. The molecule has 0 radical (unpaired) electrons. The zero-order valence-corrected chi connectivity index (χ0v) is 18.3.